The Hall–Kier alpha value is -0.960. The Morgan fingerprint density at radius 3 is 3.27 bits per heavy atom. The van der Waals surface area contributed by atoms with Crippen LogP contribution >= 0.6 is 11.6 Å². The predicted octanol–water partition coefficient (Wildman–Crippen LogP) is 1.29. The minimum Gasteiger partial charge on any atom is -0.395 e. The number of nitrogens with one attached hydrogen (secondary N) is 1. The Morgan fingerprint density at radius 1 is 1.64 bits per heavy atom. The van der Waals surface area contributed by atoms with Crippen LogP contribution in [0.4, 0.5) is 11.4 Å². The minimum atomic E-state index is 0.387. The normalized spacial score (nSPS) is 14.3. The van der Waals surface area contributed by atoms with Gasteiger partial charge in [0.05, 0.1) is 11.4 Å². The topological polar surface area (TPSA) is 50.9 Å². The fourth-order valence-corrected chi connectivity index (χ4v) is 1.41. The van der Waals surface area contributed by atoms with Gasteiger partial charge in [-0.3, -0.25) is 0 Å². The van der Waals surface area contributed by atoms with Crippen molar-refractivity contribution in [3.05, 3.63) is 16.9 Å². The first-order valence-electron chi connectivity index (χ1n) is 3.46. The number of anilines is 2. The number of fused-ring (bicyclic) bond motifs is 1. The molecule has 0 aromatic carbocycles. The van der Waals surface area contributed by atoms with Crippen LogP contribution in [0.25, 0.3) is 0 Å². The SMILES string of the molecule is Nc1c(Cl)ncc2c1NCC2. The van der Waals surface area contributed by atoms with Crippen LogP contribution < -0.4 is 11.1 Å². The van der Waals surface area contributed by atoms with Crippen molar-refractivity contribution >= 4 is 23.0 Å². The molecule has 0 radical (unpaired) electrons. The van der Waals surface area contributed by atoms with Crippen LogP contribution in [-0.4, -0.2) is 11.5 Å². The molecule has 0 aliphatic carbocycles. The zero-order chi connectivity index (χ0) is 7.84. The first-order chi connectivity index (χ1) is 5.29. The first-order valence-corrected chi connectivity index (χ1v) is 3.83. The van der Waals surface area contributed by atoms with Crippen LogP contribution in [0, 0.1) is 0 Å². The summed E-state index contributed by atoms with van der Waals surface area (Å²) >= 11 is 5.72. The van der Waals surface area contributed by atoms with Crippen molar-refractivity contribution in [3.8, 4) is 0 Å². The van der Waals surface area contributed by atoms with Gasteiger partial charge in [0, 0.05) is 12.7 Å². The summed E-state index contributed by atoms with van der Waals surface area (Å²) < 4.78 is 0. The maximum absolute atomic E-state index is 5.72. The van der Waals surface area contributed by atoms with E-state index in [9.17, 15) is 0 Å². The van der Waals surface area contributed by atoms with Crippen LogP contribution in [0.3, 0.4) is 0 Å². The first kappa shape index (κ1) is 6.73. The van der Waals surface area contributed by atoms with Crippen LogP contribution in [0.2, 0.25) is 5.15 Å². The number of pyridine rings is 1. The molecule has 2 heterocycles. The van der Waals surface area contributed by atoms with Gasteiger partial charge in [0.15, 0.2) is 5.15 Å². The summed E-state index contributed by atoms with van der Waals surface area (Å²) in [6.07, 6.45) is 2.76. The number of aromatic nitrogens is 1. The van der Waals surface area contributed by atoms with Gasteiger partial charge < -0.3 is 11.1 Å². The number of nitrogens with zero attached hydrogens (tertiary/aromatic N) is 1. The van der Waals surface area contributed by atoms with Gasteiger partial charge in [-0.15, -0.1) is 0 Å². The van der Waals surface area contributed by atoms with E-state index in [1.54, 1.807) is 6.20 Å². The van der Waals surface area contributed by atoms with Gasteiger partial charge in [-0.1, -0.05) is 11.6 Å². The summed E-state index contributed by atoms with van der Waals surface area (Å²) in [4.78, 5) is 3.95. The van der Waals surface area contributed by atoms with E-state index in [4.69, 9.17) is 17.3 Å². The Kier molecular flexibility index (Phi) is 1.39. The van der Waals surface area contributed by atoms with E-state index in [2.05, 4.69) is 10.3 Å². The highest BCUT2D eigenvalue weighted by Gasteiger charge is 2.14. The highest BCUT2D eigenvalue weighted by molar-refractivity contribution is 6.32. The van der Waals surface area contributed by atoms with E-state index in [0.29, 0.717) is 10.8 Å². The van der Waals surface area contributed by atoms with Gasteiger partial charge in [-0.05, 0) is 12.0 Å². The van der Waals surface area contributed by atoms with E-state index in [0.717, 1.165) is 24.2 Å². The van der Waals surface area contributed by atoms with E-state index in [1.807, 2.05) is 0 Å². The van der Waals surface area contributed by atoms with E-state index < -0.39 is 0 Å². The Labute approximate surface area is 69.6 Å². The molecule has 11 heavy (non-hydrogen) atoms. The lowest BCUT2D eigenvalue weighted by Crippen LogP contribution is -1.97. The third-order valence-electron chi connectivity index (χ3n) is 1.84. The maximum Gasteiger partial charge on any atom is 0.154 e. The quantitative estimate of drug-likeness (QED) is 0.576. The predicted molar refractivity (Wildman–Crippen MR) is 45.9 cm³/mol. The molecule has 1 aliphatic heterocycles. The van der Waals surface area contributed by atoms with Crippen molar-refractivity contribution in [2.24, 2.45) is 0 Å². The molecule has 1 aliphatic rings. The second kappa shape index (κ2) is 2.27. The van der Waals surface area contributed by atoms with Crippen LogP contribution in [0.15, 0.2) is 6.20 Å². The molecule has 0 saturated heterocycles. The summed E-state index contributed by atoms with van der Waals surface area (Å²) in [7, 11) is 0. The second-order valence-corrected chi connectivity index (χ2v) is 2.90. The second-order valence-electron chi connectivity index (χ2n) is 2.54. The molecule has 3 N–H and O–H groups in total. The standard InChI is InChI=1S/C7H8ClN3/c8-7-5(9)6-4(3-11-7)1-2-10-6/h3,10H,1-2,9H2. The van der Waals surface area contributed by atoms with Gasteiger partial charge in [0.2, 0.25) is 0 Å². The molecular weight excluding hydrogens is 162 g/mol. The van der Waals surface area contributed by atoms with E-state index in [-0.39, 0.29) is 0 Å². The zero-order valence-corrected chi connectivity index (χ0v) is 6.65. The summed E-state index contributed by atoms with van der Waals surface area (Å²) in [5.74, 6) is 0. The van der Waals surface area contributed by atoms with Crippen molar-refractivity contribution in [1.29, 1.82) is 0 Å². The Morgan fingerprint density at radius 2 is 2.45 bits per heavy atom. The lowest BCUT2D eigenvalue weighted by molar-refractivity contribution is 1.09. The summed E-state index contributed by atoms with van der Waals surface area (Å²) in [6.45, 7) is 0.932. The molecule has 1 aromatic rings. The van der Waals surface area contributed by atoms with Crippen molar-refractivity contribution in [2.45, 2.75) is 6.42 Å². The molecule has 0 amide bonds. The molecule has 0 atom stereocenters. The molecular formula is C7H8ClN3. The van der Waals surface area contributed by atoms with Crippen molar-refractivity contribution < 1.29 is 0 Å². The van der Waals surface area contributed by atoms with E-state index >= 15 is 0 Å². The van der Waals surface area contributed by atoms with Gasteiger partial charge >= 0.3 is 0 Å². The smallest absolute Gasteiger partial charge is 0.154 e. The fraction of sp³-hybridized carbons (Fsp3) is 0.286. The third kappa shape index (κ3) is 0.922. The van der Waals surface area contributed by atoms with Crippen LogP contribution in [0.5, 0.6) is 0 Å². The average Bonchev–Trinajstić information content (AvgIpc) is 2.45. The number of nitrogens with two attached hydrogens (primary N) is 1. The zero-order valence-electron chi connectivity index (χ0n) is 5.89. The summed E-state index contributed by atoms with van der Waals surface area (Å²) in [5.41, 5.74) is 8.37. The maximum atomic E-state index is 5.72. The van der Waals surface area contributed by atoms with Crippen molar-refractivity contribution in [2.75, 3.05) is 17.6 Å². The molecule has 3 nitrogen and oxygen atoms in total. The number of nitrogen functional groups attached to an aromatic ring is 1. The van der Waals surface area contributed by atoms with Crippen molar-refractivity contribution in [3.63, 3.8) is 0 Å². The molecule has 1 aromatic heterocycles. The molecule has 0 saturated carbocycles. The molecule has 58 valence electrons. The number of hydrogen-bond donors (Lipinski definition) is 2. The molecule has 4 heteroatoms. The van der Waals surface area contributed by atoms with Gasteiger partial charge in [-0.25, -0.2) is 4.98 Å². The molecule has 0 spiro atoms. The largest absolute Gasteiger partial charge is 0.395 e. The lowest BCUT2D eigenvalue weighted by Gasteiger charge is -2.03. The van der Waals surface area contributed by atoms with Crippen LogP contribution in [0.1, 0.15) is 5.56 Å². The lowest BCUT2D eigenvalue weighted by atomic mass is 10.2. The van der Waals surface area contributed by atoms with E-state index in [1.165, 1.54) is 0 Å². The Bertz CT molecular complexity index is 298. The number of rotatable bonds is 0. The molecule has 0 unspecified atom stereocenters. The molecule has 0 fully saturated rings. The third-order valence-corrected chi connectivity index (χ3v) is 2.14. The Balaban J connectivity index is 2.62. The van der Waals surface area contributed by atoms with Crippen molar-refractivity contribution in [1.82, 2.24) is 4.98 Å². The summed E-state index contributed by atoms with van der Waals surface area (Å²) in [5, 5.41) is 3.55. The highest BCUT2D eigenvalue weighted by atomic mass is 35.5. The van der Waals surface area contributed by atoms with Gasteiger partial charge in [0.25, 0.3) is 0 Å². The highest BCUT2D eigenvalue weighted by Crippen LogP contribution is 2.31. The van der Waals surface area contributed by atoms with Crippen LogP contribution in [-0.2, 0) is 6.42 Å². The number of hydrogen-bond acceptors (Lipinski definition) is 3. The monoisotopic (exact) mass is 169 g/mol. The fourth-order valence-electron chi connectivity index (χ4n) is 1.27. The summed E-state index contributed by atoms with van der Waals surface area (Å²) in [6, 6.07) is 0. The molecule has 0 bridgehead atoms. The molecule has 2 rings (SSSR count). The number of halogens is 1. The minimum absolute atomic E-state index is 0.387. The van der Waals surface area contributed by atoms with Gasteiger partial charge in [0.1, 0.15) is 0 Å². The van der Waals surface area contributed by atoms with Gasteiger partial charge in [-0.2, -0.15) is 0 Å². The average molecular weight is 170 g/mol.